The molecule has 0 saturated carbocycles. The third kappa shape index (κ3) is 2.18. The van der Waals surface area contributed by atoms with E-state index in [0.717, 1.165) is 4.90 Å². The van der Waals surface area contributed by atoms with Crippen molar-refractivity contribution in [3.05, 3.63) is 35.4 Å². The first-order chi connectivity index (χ1) is 9.49. The summed E-state index contributed by atoms with van der Waals surface area (Å²) in [6, 6.07) is 4.96. The molecule has 0 fully saturated rings. The van der Waals surface area contributed by atoms with E-state index in [1.54, 1.807) is 19.1 Å². The Morgan fingerprint density at radius 1 is 1.25 bits per heavy atom. The Hall–Kier alpha value is -2.21. The molecule has 1 N–H and O–H groups in total. The third-order valence-corrected chi connectivity index (χ3v) is 3.09. The monoisotopic (exact) mass is 277 g/mol. The van der Waals surface area contributed by atoms with Crippen molar-refractivity contribution >= 4 is 17.8 Å². The lowest BCUT2D eigenvalue weighted by Crippen LogP contribution is -2.51. The molecule has 6 heteroatoms. The molecule has 0 unspecified atom stereocenters. The van der Waals surface area contributed by atoms with Crippen molar-refractivity contribution in [1.82, 2.24) is 4.90 Å². The lowest BCUT2D eigenvalue weighted by Gasteiger charge is -2.26. The number of imide groups is 1. The first-order valence-corrected chi connectivity index (χ1v) is 6.30. The molecule has 1 aliphatic rings. The maximum atomic E-state index is 12.2. The number of hydrogen-bond donors (Lipinski definition) is 1. The van der Waals surface area contributed by atoms with Gasteiger partial charge in [0.1, 0.15) is 0 Å². The first kappa shape index (κ1) is 14.2. The van der Waals surface area contributed by atoms with E-state index in [4.69, 9.17) is 4.74 Å². The van der Waals surface area contributed by atoms with Crippen LogP contribution in [0.1, 0.15) is 34.6 Å². The standard InChI is InChI=1S/C14H15NO5/c1-3-20-14(19)11(8(2)16)15-12(17)9-6-4-5-7-10(9)13(15)18/h4-8,11,16H,3H2,1-2H3/t8-,11-/m1/s1. The van der Waals surface area contributed by atoms with Crippen molar-refractivity contribution in [1.29, 1.82) is 0 Å². The molecule has 1 aromatic carbocycles. The Kier molecular flexibility index (Phi) is 3.85. The number of rotatable bonds is 4. The Bertz CT molecular complexity index is 531. The van der Waals surface area contributed by atoms with Crippen LogP contribution in [0.4, 0.5) is 0 Å². The van der Waals surface area contributed by atoms with E-state index in [2.05, 4.69) is 0 Å². The van der Waals surface area contributed by atoms with Gasteiger partial charge in [0.2, 0.25) is 0 Å². The predicted molar refractivity (Wildman–Crippen MR) is 69.0 cm³/mol. The molecule has 1 aliphatic heterocycles. The molecule has 106 valence electrons. The van der Waals surface area contributed by atoms with Crippen molar-refractivity contribution in [3.8, 4) is 0 Å². The van der Waals surface area contributed by atoms with Crippen LogP contribution >= 0.6 is 0 Å². The van der Waals surface area contributed by atoms with E-state index in [9.17, 15) is 19.5 Å². The summed E-state index contributed by atoms with van der Waals surface area (Å²) in [6.07, 6.45) is -1.21. The number of aliphatic hydroxyl groups excluding tert-OH is 1. The topological polar surface area (TPSA) is 83.9 Å². The van der Waals surface area contributed by atoms with Gasteiger partial charge in [-0.2, -0.15) is 0 Å². The van der Waals surface area contributed by atoms with Crippen molar-refractivity contribution in [2.24, 2.45) is 0 Å². The molecule has 0 saturated heterocycles. The SMILES string of the molecule is CCOC(=O)[C@@H]([C@@H](C)O)N1C(=O)c2ccccc2C1=O. The summed E-state index contributed by atoms with van der Waals surface area (Å²) in [5, 5.41) is 9.74. The molecule has 2 rings (SSSR count). The maximum Gasteiger partial charge on any atom is 0.332 e. The quantitative estimate of drug-likeness (QED) is 0.643. The first-order valence-electron chi connectivity index (χ1n) is 6.30. The Morgan fingerprint density at radius 2 is 1.75 bits per heavy atom. The summed E-state index contributed by atoms with van der Waals surface area (Å²) in [7, 11) is 0. The molecule has 0 spiro atoms. The fraction of sp³-hybridized carbons (Fsp3) is 0.357. The number of nitrogens with zero attached hydrogens (tertiary/aromatic N) is 1. The second-order valence-electron chi connectivity index (χ2n) is 4.46. The molecule has 0 aromatic heterocycles. The highest BCUT2D eigenvalue weighted by atomic mass is 16.5. The van der Waals surface area contributed by atoms with Gasteiger partial charge in [0.25, 0.3) is 11.8 Å². The van der Waals surface area contributed by atoms with Crippen molar-refractivity contribution < 1.29 is 24.2 Å². The molecule has 1 aromatic rings. The second-order valence-corrected chi connectivity index (χ2v) is 4.46. The van der Waals surface area contributed by atoms with E-state index in [1.807, 2.05) is 0 Å². The lowest BCUT2D eigenvalue weighted by atomic mass is 10.1. The zero-order valence-electron chi connectivity index (χ0n) is 11.2. The van der Waals surface area contributed by atoms with Crippen LogP contribution in [-0.2, 0) is 9.53 Å². The minimum Gasteiger partial charge on any atom is -0.464 e. The van der Waals surface area contributed by atoms with Gasteiger partial charge in [-0.15, -0.1) is 0 Å². The van der Waals surface area contributed by atoms with Crippen molar-refractivity contribution in [2.45, 2.75) is 26.0 Å². The summed E-state index contributed by atoms with van der Waals surface area (Å²) >= 11 is 0. The summed E-state index contributed by atoms with van der Waals surface area (Å²) < 4.78 is 4.83. The van der Waals surface area contributed by atoms with Crippen LogP contribution in [0.15, 0.2) is 24.3 Å². The molecule has 2 atom stereocenters. The minimum absolute atomic E-state index is 0.102. The average Bonchev–Trinajstić information content (AvgIpc) is 2.65. The number of hydrogen-bond acceptors (Lipinski definition) is 5. The number of carbonyl (C=O) groups excluding carboxylic acids is 3. The molecule has 0 bridgehead atoms. The van der Waals surface area contributed by atoms with Gasteiger partial charge >= 0.3 is 5.97 Å². The Balaban J connectivity index is 2.40. The van der Waals surface area contributed by atoms with Crippen LogP contribution in [0.25, 0.3) is 0 Å². The number of aliphatic hydroxyl groups is 1. The van der Waals surface area contributed by atoms with Crippen LogP contribution < -0.4 is 0 Å². The van der Waals surface area contributed by atoms with Crippen molar-refractivity contribution in [2.75, 3.05) is 6.61 Å². The summed E-state index contributed by atoms with van der Waals surface area (Å²) in [5.41, 5.74) is 0.458. The predicted octanol–water partition coefficient (Wildman–Crippen LogP) is 0.595. The van der Waals surface area contributed by atoms with E-state index < -0.39 is 29.9 Å². The summed E-state index contributed by atoms with van der Waals surface area (Å²) in [4.78, 5) is 37.2. The van der Waals surface area contributed by atoms with Gasteiger partial charge in [-0.25, -0.2) is 4.79 Å². The normalized spacial score (nSPS) is 16.9. The smallest absolute Gasteiger partial charge is 0.332 e. The molecular formula is C14H15NO5. The van der Waals surface area contributed by atoms with Crippen LogP contribution in [-0.4, -0.2) is 46.5 Å². The number of fused-ring (bicyclic) bond motifs is 1. The highest BCUT2D eigenvalue weighted by molar-refractivity contribution is 6.22. The zero-order valence-corrected chi connectivity index (χ0v) is 11.2. The number of amides is 2. The van der Waals surface area contributed by atoms with Gasteiger partial charge in [0.15, 0.2) is 6.04 Å². The maximum absolute atomic E-state index is 12.2. The largest absolute Gasteiger partial charge is 0.464 e. The molecule has 2 amide bonds. The van der Waals surface area contributed by atoms with Gasteiger partial charge in [-0.1, -0.05) is 12.1 Å². The molecule has 0 radical (unpaired) electrons. The molecule has 20 heavy (non-hydrogen) atoms. The van der Waals surface area contributed by atoms with Crippen LogP contribution in [0, 0.1) is 0 Å². The van der Waals surface area contributed by atoms with E-state index >= 15 is 0 Å². The van der Waals surface area contributed by atoms with Crippen LogP contribution in [0.5, 0.6) is 0 Å². The van der Waals surface area contributed by atoms with Crippen LogP contribution in [0.3, 0.4) is 0 Å². The fourth-order valence-corrected chi connectivity index (χ4v) is 2.21. The van der Waals surface area contributed by atoms with Gasteiger partial charge in [0, 0.05) is 0 Å². The van der Waals surface area contributed by atoms with Crippen LogP contribution in [0.2, 0.25) is 0 Å². The third-order valence-electron chi connectivity index (χ3n) is 3.09. The second kappa shape index (κ2) is 5.42. The molecule has 1 heterocycles. The van der Waals surface area contributed by atoms with Gasteiger partial charge in [0.05, 0.1) is 23.8 Å². The number of benzene rings is 1. The minimum atomic E-state index is -1.33. The highest BCUT2D eigenvalue weighted by Crippen LogP contribution is 2.26. The van der Waals surface area contributed by atoms with Gasteiger partial charge in [-0.05, 0) is 26.0 Å². The number of ether oxygens (including phenoxy) is 1. The Morgan fingerprint density at radius 3 is 2.15 bits per heavy atom. The molecule has 0 aliphatic carbocycles. The Labute approximate surface area is 115 Å². The lowest BCUT2D eigenvalue weighted by molar-refractivity contribution is -0.151. The van der Waals surface area contributed by atoms with Gasteiger partial charge < -0.3 is 9.84 Å². The fourth-order valence-electron chi connectivity index (χ4n) is 2.21. The summed E-state index contributed by atoms with van der Waals surface area (Å²) in [6.45, 7) is 3.05. The number of carbonyl (C=O) groups is 3. The number of esters is 1. The van der Waals surface area contributed by atoms with E-state index in [0.29, 0.717) is 0 Å². The summed E-state index contributed by atoms with van der Waals surface area (Å²) in [5.74, 6) is -1.98. The van der Waals surface area contributed by atoms with E-state index in [-0.39, 0.29) is 17.7 Å². The zero-order chi connectivity index (χ0) is 14.9. The molecule has 6 nitrogen and oxygen atoms in total. The molecular weight excluding hydrogens is 262 g/mol. The van der Waals surface area contributed by atoms with Gasteiger partial charge in [-0.3, -0.25) is 14.5 Å². The van der Waals surface area contributed by atoms with Crippen molar-refractivity contribution in [3.63, 3.8) is 0 Å². The average molecular weight is 277 g/mol. The van der Waals surface area contributed by atoms with E-state index in [1.165, 1.54) is 19.1 Å². The highest BCUT2D eigenvalue weighted by Gasteiger charge is 2.45.